The molecule has 18 heavy (non-hydrogen) atoms. The first kappa shape index (κ1) is 11.7. The maximum Gasteiger partial charge on any atom is 0.262 e. The van der Waals surface area contributed by atoms with Crippen LogP contribution in [0.5, 0.6) is 0 Å². The van der Waals surface area contributed by atoms with Crippen LogP contribution in [0.1, 0.15) is 6.92 Å². The molecule has 0 unspecified atom stereocenters. The van der Waals surface area contributed by atoms with E-state index >= 15 is 0 Å². The predicted molar refractivity (Wildman–Crippen MR) is 69.9 cm³/mol. The smallest absolute Gasteiger partial charge is 0.262 e. The molecule has 1 aliphatic heterocycles. The molecule has 3 rings (SSSR count). The summed E-state index contributed by atoms with van der Waals surface area (Å²) in [5, 5.41) is 0.944. The van der Waals surface area contributed by atoms with E-state index in [2.05, 4.69) is 11.9 Å². The number of rotatable bonds is 2. The molecule has 0 N–H and O–H groups in total. The lowest BCUT2D eigenvalue weighted by Crippen LogP contribution is -2.45. The van der Waals surface area contributed by atoms with E-state index in [1.165, 1.54) is 0 Å². The lowest BCUT2D eigenvalue weighted by Gasteiger charge is -2.38. The van der Waals surface area contributed by atoms with E-state index in [1.807, 2.05) is 0 Å². The van der Waals surface area contributed by atoms with Crippen LogP contribution in [0.3, 0.4) is 0 Å². The Morgan fingerprint density at radius 3 is 2.94 bits per heavy atom. The Balaban J connectivity index is 2.11. The number of fused-ring (bicyclic) bond motifs is 1. The van der Waals surface area contributed by atoms with Gasteiger partial charge in [0.15, 0.2) is 0 Å². The summed E-state index contributed by atoms with van der Waals surface area (Å²) in [5.74, 6) is 0. The monoisotopic (exact) mass is 264 g/mol. The number of halogens is 1. The van der Waals surface area contributed by atoms with Gasteiger partial charge in [0.25, 0.3) is 5.56 Å². The van der Waals surface area contributed by atoms with E-state index in [1.54, 1.807) is 29.1 Å². The first-order valence-electron chi connectivity index (χ1n) is 5.80. The molecule has 4 nitrogen and oxygen atoms in total. The lowest BCUT2D eigenvalue weighted by atomic mass is 9.88. The Hall–Kier alpha value is -1.39. The van der Waals surface area contributed by atoms with Crippen molar-refractivity contribution < 1.29 is 4.74 Å². The third-order valence-electron chi connectivity index (χ3n) is 3.26. The van der Waals surface area contributed by atoms with E-state index in [9.17, 15) is 4.79 Å². The fourth-order valence-corrected chi connectivity index (χ4v) is 2.48. The molecular formula is C13H13ClN2O2. The number of hydrogen-bond donors (Lipinski definition) is 0. The maximum atomic E-state index is 12.4. The summed E-state index contributed by atoms with van der Waals surface area (Å²) < 4.78 is 6.82. The summed E-state index contributed by atoms with van der Waals surface area (Å²) >= 11 is 6.08. The van der Waals surface area contributed by atoms with Gasteiger partial charge in [0.05, 0.1) is 35.5 Å². The molecule has 5 heteroatoms. The predicted octanol–water partition coefficient (Wildman–Crippen LogP) is 2.09. The van der Waals surface area contributed by atoms with E-state index in [0.29, 0.717) is 35.7 Å². The second-order valence-corrected chi connectivity index (χ2v) is 5.52. The third kappa shape index (κ3) is 1.82. The number of hydrogen-bond acceptors (Lipinski definition) is 3. The number of nitrogens with zero attached hydrogens (tertiary/aromatic N) is 2. The van der Waals surface area contributed by atoms with Crippen LogP contribution in [0.25, 0.3) is 10.9 Å². The molecule has 0 amide bonds. The molecule has 1 aromatic carbocycles. The van der Waals surface area contributed by atoms with E-state index in [0.717, 1.165) is 0 Å². The molecule has 94 valence electrons. The van der Waals surface area contributed by atoms with Gasteiger partial charge in [-0.15, -0.1) is 0 Å². The molecule has 0 saturated carbocycles. The molecule has 0 aliphatic carbocycles. The minimum atomic E-state index is -0.0845. The average molecular weight is 265 g/mol. The van der Waals surface area contributed by atoms with Gasteiger partial charge in [0.1, 0.15) is 0 Å². The highest BCUT2D eigenvalue weighted by molar-refractivity contribution is 6.35. The van der Waals surface area contributed by atoms with Gasteiger partial charge >= 0.3 is 0 Å². The topological polar surface area (TPSA) is 44.1 Å². The van der Waals surface area contributed by atoms with Crippen LogP contribution in [0.15, 0.2) is 29.3 Å². The van der Waals surface area contributed by atoms with Crippen LogP contribution in [0, 0.1) is 5.41 Å². The molecule has 2 heterocycles. The highest BCUT2D eigenvalue weighted by Gasteiger charge is 2.34. The van der Waals surface area contributed by atoms with Crippen molar-refractivity contribution in [3.63, 3.8) is 0 Å². The second kappa shape index (κ2) is 4.07. The molecule has 0 spiro atoms. The Morgan fingerprint density at radius 1 is 1.50 bits per heavy atom. The van der Waals surface area contributed by atoms with Crippen molar-refractivity contribution in [2.45, 2.75) is 13.5 Å². The minimum absolute atomic E-state index is 0.0282. The van der Waals surface area contributed by atoms with Gasteiger partial charge in [0.2, 0.25) is 0 Å². The molecule has 0 bridgehead atoms. The van der Waals surface area contributed by atoms with Crippen LogP contribution < -0.4 is 5.56 Å². The van der Waals surface area contributed by atoms with Crippen molar-refractivity contribution in [1.29, 1.82) is 0 Å². The van der Waals surface area contributed by atoms with Crippen molar-refractivity contribution >= 4 is 22.5 Å². The number of ether oxygens (including phenoxy) is 1. The van der Waals surface area contributed by atoms with Gasteiger partial charge in [-0.2, -0.15) is 0 Å². The first-order chi connectivity index (χ1) is 8.59. The highest BCUT2D eigenvalue weighted by atomic mass is 35.5. The Labute approximate surface area is 109 Å². The maximum absolute atomic E-state index is 12.4. The zero-order chi connectivity index (χ0) is 12.8. The summed E-state index contributed by atoms with van der Waals surface area (Å²) in [5.41, 5.74) is 0.581. The van der Waals surface area contributed by atoms with E-state index in [-0.39, 0.29) is 11.0 Å². The highest BCUT2D eigenvalue weighted by Crippen LogP contribution is 2.28. The summed E-state index contributed by atoms with van der Waals surface area (Å²) in [6.07, 6.45) is 1.59. The molecule has 0 atom stereocenters. The van der Waals surface area contributed by atoms with Crippen molar-refractivity contribution in [1.82, 2.24) is 9.55 Å². The van der Waals surface area contributed by atoms with Gasteiger partial charge in [-0.3, -0.25) is 9.36 Å². The number of aromatic nitrogens is 2. The fourth-order valence-electron chi connectivity index (χ4n) is 2.23. The van der Waals surface area contributed by atoms with Gasteiger partial charge in [-0.25, -0.2) is 4.98 Å². The third-order valence-corrected chi connectivity index (χ3v) is 3.57. The van der Waals surface area contributed by atoms with Crippen LogP contribution in [0.2, 0.25) is 5.02 Å². The van der Waals surface area contributed by atoms with Crippen molar-refractivity contribution in [2.24, 2.45) is 5.41 Å². The fraction of sp³-hybridized carbons (Fsp3) is 0.385. The van der Waals surface area contributed by atoms with Crippen molar-refractivity contribution in [3.8, 4) is 0 Å². The lowest BCUT2D eigenvalue weighted by molar-refractivity contribution is -0.110. The standard InChI is InChI=1S/C13H13ClN2O2/c1-13(6-18-7-13)5-16-8-15-10-4-2-3-9(14)11(10)12(16)17/h2-4,8H,5-7H2,1H3. The molecule has 1 saturated heterocycles. The van der Waals surface area contributed by atoms with Crippen molar-refractivity contribution in [3.05, 3.63) is 39.9 Å². The largest absolute Gasteiger partial charge is 0.380 e. The van der Waals surface area contributed by atoms with Crippen LogP contribution >= 0.6 is 11.6 Å². The zero-order valence-electron chi connectivity index (χ0n) is 10.0. The van der Waals surface area contributed by atoms with Gasteiger partial charge in [0, 0.05) is 12.0 Å². The minimum Gasteiger partial charge on any atom is -0.380 e. The van der Waals surface area contributed by atoms with Crippen molar-refractivity contribution in [2.75, 3.05) is 13.2 Å². The quantitative estimate of drug-likeness (QED) is 0.834. The molecule has 1 fully saturated rings. The van der Waals surface area contributed by atoms with Gasteiger partial charge in [-0.1, -0.05) is 24.6 Å². The summed E-state index contributed by atoms with van der Waals surface area (Å²) in [6.45, 7) is 4.07. The second-order valence-electron chi connectivity index (χ2n) is 5.12. The molecule has 1 aromatic heterocycles. The first-order valence-corrected chi connectivity index (χ1v) is 6.18. The summed E-state index contributed by atoms with van der Waals surface area (Å²) in [6, 6.07) is 5.30. The van der Waals surface area contributed by atoms with Crippen LogP contribution in [0.4, 0.5) is 0 Å². The Kier molecular flexibility index (Phi) is 2.64. The molecule has 2 aromatic rings. The summed E-state index contributed by atoms with van der Waals surface area (Å²) in [4.78, 5) is 16.6. The van der Waals surface area contributed by atoms with Crippen LogP contribution in [-0.4, -0.2) is 22.8 Å². The van der Waals surface area contributed by atoms with E-state index < -0.39 is 0 Å². The molecule has 0 radical (unpaired) electrons. The SMILES string of the molecule is CC1(Cn2cnc3cccc(Cl)c3c2=O)COC1. The van der Waals surface area contributed by atoms with E-state index in [4.69, 9.17) is 16.3 Å². The Morgan fingerprint density at radius 2 is 2.28 bits per heavy atom. The zero-order valence-corrected chi connectivity index (χ0v) is 10.8. The number of benzene rings is 1. The average Bonchev–Trinajstić information content (AvgIpc) is 2.31. The molecular weight excluding hydrogens is 252 g/mol. The van der Waals surface area contributed by atoms with Crippen LogP contribution in [-0.2, 0) is 11.3 Å². The molecule has 1 aliphatic rings. The summed E-state index contributed by atoms with van der Waals surface area (Å²) in [7, 11) is 0. The van der Waals surface area contributed by atoms with Gasteiger partial charge < -0.3 is 4.74 Å². The Bertz CT molecular complexity index is 662. The van der Waals surface area contributed by atoms with Gasteiger partial charge in [-0.05, 0) is 12.1 Å². The normalized spacial score (nSPS) is 17.7.